The van der Waals surface area contributed by atoms with Gasteiger partial charge in [-0.25, -0.2) is 0 Å². The maximum atomic E-state index is 2.64. The van der Waals surface area contributed by atoms with Crippen molar-refractivity contribution < 1.29 is 36.6 Å². The first-order valence-electron chi connectivity index (χ1n) is 7.40. The van der Waals surface area contributed by atoms with Crippen LogP contribution in [0.1, 0.15) is 12.8 Å². The molecule has 0 fully saturated rings. The van der Waals surface area contributed by atoms with Crippen molar-refractivity contribution in [2.45, 2.75) is 39.0 Å². The van der Waals surface area contributed by atoms with Gasteiger partial charge >= 0.3 is 118 Å². The minimum Gasteiger partial charge on any atom is -1.00 e. The molecule has 0 aromatic heterocycles. The molecule has 0 amide bonds. The first kappa shape index (κ1) is 22.3. The van der Waals surface area contributed by atoms with Crippen LogP contribution >= 0.6 is 0 Å². The molecule has 0 atom stereocenters. The van der Waals surface area contributed by atoms with Crippen LogP contribution in [0, 0.1) is 0 Å². The third kappa shape index (κ3) is 2.59. The summed E-state index contributed by atoms with van der Waals surface area (Å²) in [6.07, 6.45) is 19.9. The molecular formula is C14H26Cl2Si4Zr. The van der Waals surface area contributed by atoms with E-state index in [0.717, 1.165) is 0 Å². The maximum Gasteiger partial charge on any atom is -1.00 e. The number of rotatable bonds is 2. The van der Waals surface area contributed by atoms with Gasteiger partial charge in [-0.15, -0.1) is 0 Å². The Hall–Kier alpha value is 1.29. The molecule has 0 unspecified atom stereocenters. The SMILES string of the molecule is C[SiH]=[Zr+2](=[SiH]C)(=[SiH]C)(=[SiH]C)([C]1=CC=CC1)[C]1=CC=CC1.[Cl-].[Cl-]. The predicted molar refractivity (Wildman–Crippen MR) is 95.7 cm³/mol. The topological polar surface area (TPSA) is 0 Å². The minimum atomic E-state index is -3.17. The quantitative estimate of drug-likeness (QED) is 0.369. The number of hydrogen-bond acceptors (Lipinski definition) is 0. The average Bonchev–Trinajstić information content (AvgIpc) is 3.18. The van der Waals surface area contributed by atoms with Crippen molar-refractivity contribution in [2.75, 3.05) is 0 Å². The zero-order valence-electron chi connectivity index (χ0n) is 13.4. The van der Waals surface area contributed by atoms with Crippen LogP contribution in [0.15, 0.2) is 43.0 Å². The predicted octanol–water partition coefficient (Wildman–Crippen LogP) is -3.49. The molecule has 0 bridgehead atoms. The third-order valence-corrected chi connectivity index (χ3v) is 159. The van der Waals surface area contributed by atoms with Crippen LogP contribution in [0.4, 0.5) is 0 Å². The van der Waals surface area contributed by atoms with Gasteiger partial charge in [-0.05, 0) is 0 Å². The van der Waals surface area contributed by atoms with E-state index in [1.54, 1.807) is 0 Å². The molecule has 116 valence electrons. The van der Waals surface area contributed by atoms with E-state index >= 15 is 0 Å². The summed E-state index contributed by atoms with van der Waals surface area (Å²) in [5.41, 5.74) is 0. The summed E-state index contributed by atoms with van der Waals surface area (Å²) in [6, 6.07) is 0. The van der Waals surface area contributed by atoms with E-state index in [2.05, 4.69) is 62.6 Å². The van der Waals surface area contributed by atoms with Gasteiger partial charge in [0.05, 0.1) is 0 Å². The Bertz CT molecular complexity index is 802. The van der Waals surface area contributed by atoms with E-state index < -0.39 is 11.8 Å². The van der Waals surface area contributed by atoms with E-state index in [1.807, 2.05) is 6.56 Å². The van der Waals surface area contributed by atoms with Gasteiger partial charge in [0.25, 0.3) is 0 Å². The molecule has 0 aromatic carbocycles. The average molecular weight is 469 g/mol. The van der Waals surface area contributed by atoms with E-state index in [4.69, 9.17) is 0 Å². The normalized spacial score (nSPS) is 14.1. The molecule has 0 radical (unpaired) electrons. The van der Waals surface area contributed by atoms with Crippen molar-refractivity contribution in [1.82, 2.24) is 0 Å². The van der Waals surface area contributed by atoms with E-state index in [0.29, 0.717) is 24.6 Å². The van der Waals surface area contributed by atoms with Gasteiger partial charge in [0.1, 0.15) is 0 Å². The van der Waals surface area contributed by atoms with Gasteiger partial charge in [0, 0.05) is 0 Å². The van der Waals surface area contributed by atoms with Gasteiger partial charge in [-0.3, -0.25) is 0 Å². The zero-order chi connectivity index (χ0) is 14.0. The Morgan fingerprint density at radius 3 is 1.24 bits per heavy atom. The monoisotopic (exact) mass is 466 g/mol. The van der Waals surface area contributed by atoms with Gasteiger partial charge in [-0.2, -0.15) is 0 Å². The number of halogens is 2. The summed E-state index contributed by atoms with van der Waals surface area (Å²) in [5, 5.41) is 0. The molecule has 2 aliphatic rings. The first-order chi connectivity index (χ1) is 9.09. The van der Waals surface area contributed by atoms with Gasteiger partial charge in [0.2, 0.25) is 0 Å². The van der Waals surface area contributed by atoms with Crippen molar-refractivity contribution in [3.8, 4) is 0 Å². The molecule has 0 saturated carbocycles. The fourth-order valence-electron chi connectivity index (χ4n) is 4.63. The zero-order valence-corrected chi connectivity index (χ0v) is 22.0. The van der Waals surface area contributed by atoms with Gasteiger partial charge in [-0.1, -0.05) is 0 Å². The Morgan fingerprint density at radius 2 is 1.05 bits per heavy atom. The fraction of sp³-hybridized carbons (Fsp3) is 0.429. The second-order valence-corrected chi connectivity index (χ2v) is 101. The van der Waals surface area contributed by atoms with Crippen LogP contribution in [-0.4, -0.2) is 24.6 Å². The number of hydrogen-bond donors (Lipinski definition) is 0. The largest absolute Gasteiger partial charge is 1.00 e. The van der Waals surface area contributed by atoms with E-state index in [-0.39, 0.29) is 24.8 Å². The maximum absolute atomic E-state index is 3.17. The molecular weight excluding hydrogens is 443 g/mol. The summed E-state index contributed by atoms with van der Waals surface area (Å²) >= 11 is -3.17. The minimum absolute atomic E-state index is 0. The third-order valence-electron chi connectivity index (χ3n) is 6.50. The molecule has 0 nitrogen and oxygen atoms in total. The molecule has 0 aromatic rings. The molecule has 2 rings (SSSR count). The van der Waals surface area contributed by atoms with Crippen molar-refractivity contribution in [3.63, 3.8) is 0 Å². The Kier molecular flexibility index (Phi) is 7.91. The molecule has 0 N–H and O–H groups in total. The summed E-state index contributed by atoms with van der Waals surface area (Å²) in [5.74, 6) is 0. The first-order valence-corrected chi connectivity index (χ1v) is 33.8. The summed E-state index contributed by atoms with van der Waals surface area (Å²) in [7, 11) is 0. The molecule has 0 heterocycles. The molecule has 0 saturated heterocycles. The second-order valence-electron chi connectivity index (χ2n) is 6.08. The van der Waals surface area contributed by atoms with E-state index in [9.17, 15) is 0 Å². The van der Waals surface area contributed by atoms with Crippen LogP contribution in [0.2, 0.25) is 26.2 Å². The molecule has 7 heteroatoms. The van der Waals surface area contributed by atoms with Crippen LogP contribution in [0.3, 0.4) is 0 Å². The second kappa shape index (κ2) is 7.45. The van der Waals surface area contributed by atoms with E-state index in [1.165, 1.54) is 12.8 Å². The van der Waals surface area contributed by atoms with Crippen LogP contribution in [0.25, 0.3) is 0 Å². The van der Waals surface area contributed by atoms with Crippen LogP contribution < -0.4 is 24.8 Å². The van der Waals surface area contributed by atoms with Crippen LogP contribution in [0.5, 0.6) is 0 Å². The number of allylic oxidation sites excluding steroid dienone is 8. The molecule has 21 heavy (non-hydrogen) atoms. The Balaban J connectivity index is 0.00000200. The summed E-state index contributed by atoms with van der Waals surface area (Å²) in [4.78, 5) is 0. The summed E-state index contributed by atoms with van der Waals surface area (Å²) < 4.78 is 4.00. The molecule has 0 aliphatic heterocycles. The van der Waals surface area contributed by atoms with Crippen molar-refractivity contribution in [2.24, 2.45) is 0 Å². The molecule has 0 spiro atoms. The van der Waals surface area contributed by atoms with Crippen molar-refractivity contribution >= 4 is 24.6 Å². The Morgan fingerprint density at radius 1 is 0.714 bits per heavy atom. The standard InChI is InChI=1S/2C5H5.4CH4Si.2ClH.Zr/c2*1-2-4-5-3-1;4*1-2;;;/h2*1-3H,4H2;4*2H,1H3;2*1H;/q;;;;;;;;+2/p-2. The Labute approximate surface area is 142 Å². The van der Waals surface area contributed by atoms with Crippen LogP contribution in [-0.2, 0) is 11.8 Å². The van der Waals surface area contributed by atoms with Gasteiger partial charge < -0.3 is 24.8 Å². The molecule has 2 aliphatic carbocycles. The smallest absolute Gasteiger partial charge is 1.00 e. The van der Waals surface area contributed by atoms with Crippen molar-refractivity contribution in [3.05, 3.63) is 43.0 Å². The van der Waals surface area contributed by atoms with Gasteiger partial charge in [0.15, 0.2) is 0 Å². The fourth-order valence-corrected chi connectivity index (χ4v) is 99.0. The summed E-state index contributed by atoms with van der Waals surface area (Å²) in [6.45, 7) is 10.6. The van der Waals surface area contributed by atoms with Crippen molar-refractivity contribution in [1.29, 1.82) is 0 Å².